The number of hydrogen-bond donors (Lipinski definition) is 1. The van der Waals surface area contributed by atoms with Gasteiger partial charge in [-0.25, -0.2) is 0 Å². The van der Waals surface area contributed by atoms with Crippen LogP contribution in [0.4, 0.5) is 0 Å². The number of pyridine rings is 1. The molecule has 0 aromatic carbocycles. The molecule has 14 heavy (non-hydrogen) atoms. The van der Waals surface area contributed by atoms with E-state index in [1.165, 1.54) is 25.7 Å². The number of aryl methyl sites for hydroxylation is 1. The van der Waals surface area contributed by atoms with Crippen molar-refractivity contribution in [3.63, 3.8) is 0 Å². The van der Waals surface area contributed by atoms with Gasteiger partial charge >= 0.3 is 0 Å². The minimum Gasteiger partial charge on any atom is -0.388 e. The van der Waals surface area contributed by atoms with E-state index in [2.05, 4.69) is 4.98 Å². The fraction of sp³-hybridized carbons (Fsp3) is 0.583. The van der Waals surface area contributed by atoms with Crippen molar-refractivity contribution < 1.29 is 5.11 Å². The topological polar surface area (TPSA) is 33.1 Å². The molecular weight excluding hydrogens is 174 g/mol. The minimum absolute atomic E-state index is 0.279. The Morgan fingerprint density at radius 3 is 2.79 bits per heavy atom. The van der Waals surface area contributed by atoms with Gasteiger partial charge in [0.15, 0.2) is 0 Å². The number of aliphatic hydroxyl groups is 1. The van der Waals surface area contributed by atoms with Crippen molar-refractivity contribution in [2.75, 3.05) is 0 Å². The van der Waals surface area contributed by atoms with Crippen molar-refractivity contribution in [1.82, 2.24) is 4.98 Å². The smallest absolute Gasteiger partial charge is 0.0819 e. The van der Waals surface area contributed by atoms with Gasteiger partial charge in [0.1, 0.15) is 0 Å². The van der Waals surface area contributed by atoms with Gasteiger partial charge < -0.3 is 5.11 Å². The Morgan fingerprint density at radius 1 is 1.43 bits per heavy atom. The average Bonchev–Trinajstić information content (AvgIpc) is 2.69. The molecule has 1 N–H and O–H groups in total. The summed E-state index contributed by atoms with van der Waals surface area (Å²) in [5.74, 6) is 0.469. The van der Waals surface area contributed by atoms with Crippen LogP contribution >= 0.6 is 0 Å². The lowest BCUT2D eigenvalue weighted by Crippen LogP contribution is -2.09. The maximum atomic E-state index is 10.1. The number of nitrogens with zero attached hydrogens (tertiary/aromatic N) is 1. The van der Waals surface area contributed by atoms with E-state index in [-0.39, 0.29) is 6.10 Å². The molecule has 1 heterocycles. The van der Waals surface area contributed by atoms with E-state index in [0.29, 0.717) is 5.92 Å². The maximum absolute atomic E-state index is 10.1. The molecule has 0 amide bonds. The molecule has 0 radical (unpaired) electrons. The maximum Gasteiger partial charge on any atom is 0.0819 e. The van der Waals surface area contributed by atoms with E-state index in [1.54, 1.807) is 6.20 Å². The zero-order valence-corrected chi connectivity index (χ0v) is 8.61. The third-order valence-electron chi connectivity index (χ3n) is 3.11. The molecule has 0 aliphatic heterocycles. The van der Waals surface area contributed by atoms with Crippen LogP contribution in [0.15, 0.2) is 18.3 Å². The second-order valence-corrected chi connectivity index (χ2v) is 4.22. The third-order valence-corrected chi connectivity index (χ3v) is 3.11. The second-order valence-electron chi connectivity index (χ2n) is 4.22. The van der Waals surface area contributed by atoms with Gasteiger partial charge in [-0.3, -0.25) is 4.98 Å². The number of aliphatic hydroxyl groups excluding tert-OH is 1. The van der Waals surface area contributed by atoms with E-state index in [1.807, 2.05) is 19.1 Å². The van der Waals surface area contributed by atoms with Gasteiger partial charge in [-0.2, -0.15) is 0 Å². The lowest BCUT2D eigenvalue weighted by atomic mass is 9.95. The highest BCUT2D eigenvalue weighted by Gasteiger charge is 2.24. The standard InChI is InChI=1S/C12H17NO/c1-9-8-11(6-7-13-9)12(14)10-4-2-3-5-10/h6-8,10,12,14H,2-5H2,1H3. The summed E-state index contributed by atoms with van der Waals surface area (Å²) in [6.45, 7) is 1.96. The largest absolute Gasteiger partial charge is 0.388 e. The molecule has 1 aliphatic rings. The molecule has 2 nitrogen and oxygen atoms in total. The molecule has 0 spiro atoms. The number of aromatic nitrogens is 1. The van der Waals surface area contributed by atoms with E-state index >= 15 is 0 Å². The first-order valence-electron chi connectivity index (χ1n) is 5.38. The van der Waals surface area contributed by atoms with Gasteiger partial charge in [0.05, 0.1) is 6.10 Å². The summed E-state index contributed by atoms with van der Waals surface area (Å²) in [6.07, 6.45) is 6.38. The molecular formula is C12H17NO. The average molecular weight is 191 g/mol. The highest BCUT2D eigenvalue weighted by Crippen LogP contribution is 2.35. The monoisotopic (exact) mass is 191 g/mol. The molecule has 0 saturated heterocycles. The zero-order chi connectivity index (χ0) is 9.97. The fourth-order valence-corrected chi connectivity index (χ4v) is 2.30. The van der Waals surface area contributed by atoms with Crippen molar-refractivity contribution in [2.45, 2.75) is 38.7 Å². The molecule has 1 saturated carbocycles. The summed E-state index contributed by atoms with van der Waals surface area (Å²) in [4.78, 5) is 4.14. The molecule has 2 rings (SSSR count). The molecule has 1 unspecified atom stereocenters. The van der Waals surface area contributed by atoms with Crippen molar-refractivity contribution in [2.24, 2.45) is 5.92 Å². The Kier molecular flexibility index (Phi) is 2.82. The molecule has 1 aliphatic carbocycles. The first kappa shape index (κ1) is 9.66. The molecule has 1 atom stereocenters. The first-order valence-corrected chi connectivity index (χ1v) is 5.38. The fourth-order valence-electron chi connectivity index (χ4n) is 2.30. The van der Waals surface area contributed by atoms with Gasteiger partial charge in [0.25, 0.3) is 0 Å². The van der Waals surface area contributed by atoms with E-state index in [9.17, 15) is 5.11 Å². The molecule has 0 bridgehead atoms. The SMILES string of the molecule is Cc1cc(C(O)C2CCCC2)ccn1. The Hall–Kier alpha value is -0.890. The number of rotatable bonds is 2. The lowest BCUT2D eigenvalue weighted by molar-refractivity contribution is 0.111. The van der Waals surface area contributed by atoms with Crippen LogP contribution in [0.3, 0.4) is 0 Å². The van der Waals surface area contributed by atoms with Gasteiger partial charge in [-0.05, 0) is 43.4 Å². The first-order chi connectivity index (χ1) is 6.77. The molecule has 2 heteroatoms. The van der Waals surface area contributed by atoms with Gasteiger partial charge in [0, 0.05) is 11.9 Å². The van der Waals surface area contributed by atoms with Crippen molar-refractivity contribution >= 4 is 0 Å². The lowest BCUT2D eigenvalue weighted by Gasteiger charge is -2.17. The quantitative estimate of drug-likeness (QED) is 0.779. The zero-order valence-electron chi connectivity index (χ0n) is 8.61. The van der Waals surface area contributed by atoms with Crippen LogP contribution in [0.5, 0.6) is 0 Å². The highest BCUT2D eigenvalue weighted by atomic mass is 16.3. The van der Waals surface area contributed by atoms with Crippen LogP contribution in [0.2, 0.25) is 0 Å². The normalized spacial score (nSPS) is 19.9. The van der Waals surface area contributed by atoms with E-state index < -0.39 is 0 Å². The number of hydrogen-bond acceptors (Lipinski definition) is 2. The van der Waals surface area contributed by atoms with Crippen molar-refractivity contribution in [1.29, 1.82) is 0 Å². The summed E-state index contributed by atoms with van der Waals surface area (Å²) in [5.41, 5.74) is 2.02. The summed E-state index contributed by atoms with van der Waals surface area (Å²) < 4.78 is 0. The Bertz CT molecular complexity index is 305. The summed E-state index contributed by atoms with van der Waals surface area (Å²) in [7, 11) is 0. The van der Waals surface area contributed by atoms with Crippen LogP contribution in [0, 0.1) is 12.8 Å². The summed E-state index contributed by atoms with van der Waals surface area (Å²) in [5, 5.41) is 10.1. The Morgan fingerprint density at radius 2 is 2.14 bits per heavy atom. The third kappa shape index (κ3) is 1.95. The van der Waals surface area contributed by atoms with Crippen LogP contribution in [0.25, 0.3) is 0 Å². The minimum atomic E-state index is -0.279. The Labute approximate surface area is 85.0 Å². The molecule has 1 aromatic rings. The second kappa shape index (κ2) is 4.09. The van der Waals surface area contributed by atoms with Gasteiger partial charge in [-0.1, -0.05) is 12.8 Å². The van der Waals surface area contributed by atoms with Crippen molar-refractivity contribution in [3.05, 3.63) is 29.6 Å². The van der Waals surface area contributed by atoms with Gasteiger partial charge in [0.2, 0.25) is 0 Å². The van der Waals surface area contributed by atoms with E-state index in [4.69, 9.17) is 0 Å². The van der Waals surface area contributed by atoms with Crippen LogP contribution < -0.4 is 0 Å². The summed E-state index contributed by atoms with van der Waals surface area (Å²) >= 11 is 0. The molecule has 1 aromatic heterocycles. The predicted molar refractivity (Wildman–Crippen MR) is 55.9 cm³/mol. The van der Waals surface area contributed by atoms with Crippen LogP contribution in [-0.4, -0.2) is 10.1 Å². The predicted octanol–water partition coefficient (Wildman–Crippen LogP) is 2.61. The van der Waals surface area contributed by atoms with E-state index in [0.717, 1.165) is 11.3 Å². The van der Waals surface area contributed by atoms with Gasteiger partial charge in [-0.15, -0.1) is 0 Å². The van der Waals surface area contributed by atoms with Crippen molar-refractivity contribution in [3.8, 4) is 0 Å². The molecule has 1 fully saturated rings. The van der Waals surface area contributed by atoms with Crippen LogP contribution in [-0.2, 0) is 0 Å². The molecule has 76 valence electrons. The highest BCUT2D eigenvalue weighted by molar-refractivity contribution is 5.18. The Balaban J connectivity index is 2.13. The van der Waals surface area contributed by atoms with Crippen LogP contribution in [0.1, 0.15) is 43.0 Å². The summed E-state index contributed by atoms with van der Waals surface area (Å²) in [6, 6.07) is 3.92.